The zero-order chi connectivity index (χ0) is 15.4. The fraction of sp³-hybridized carbons (Fsp3) is 0.692. The summed E-state index contributed by atoms with van der Waals surface area (Å²) in [6.45, 7) is 3.06. The summed E-state index contributed by atoms with van der Waals surface area (Å²) < 4.78 is 5.12. The van der Waals surface area contributed by atoms with Gasteiger partial charge in [-0.1, -0.05) is 12.1 Å². The Hall–Kier alpha value is -1.96. The van der Waals surface area contributed by atoms with Crippen LogP contribution in [0.3, 0.4) is 0 Å². The van der Waals surface area contributed by atoms with Crippen LogP contribution in [0.5, 0.6) is 0 Å². The normalized spacial score (nSPS) is 23.1. The molecule has 1 fully saturated rings. The predicted octanol–water partition coefficient (Wildman–Crippen LogP) is 0.629. The summed E-state index contributed by atoms with van der Waals surface area (Å²) in [5, 5.41) is 22.1. The molecule has 0 aliphatic carbocycles. The fourth-order valence-electron chi connectivity index (χ4n) is 2.58. The summed E-state index contributed by atoms with van der Waals surface area (Å²) in [4.78, 5) is 28.4. The van der Waals surface area contributed by atoms with Crippen LogP contribution in [0.25, 0.3) is 0 Å². The minimum Gasteiger partial charge on any atom is -0.481 e. The number of carbonyl (C=O) groups is 2. The third-order valence-electron chi connectivity index (χ3n) is 3.67. The predicted molar refractivity (Wildman–Crippen MR) is 70.4 cm³/mol. The van der Waals surface area contributed by atoms with Crippen LogP contribution in [0.4, 0.5) is 0 Å². The molecule has 0 spiro atoms. The van der Waals surface area contributed by atoms with Gasteiger partial charge in [0, 0.05) is 13.0 Å². The molecule has 116 valence electrons. The molecular formula is C13H19N3O5. The zero-order valence-electron chi connectivity index (χ0n) is 11.9. The summed E-state index contributed by atoms with van der Waals surface area (Å²) in [7, 11) is 0. The summed E-state index contributed by atoms with van der Waals surface area (Å²) >= 11 is 0. The number of aliphatic carboxylic acids is 2. The molecule has 0 saturated carbocycles. The number of likely N-dealkylation sites (tertiary alicyclic amines) is 1. The zero-order valence-corrected chi connectivity index (χ0v) is 11.9. The maximum atomic E-state index is 11.2. The lowest BCUT2D eigenvalue weighted by Gasteiger charge is -2.33. The van der Waals surface area contributed by atoms with Crippen LogP contribution in [0.1, 0.15) is 31.5 Å². The number of piperidine rings is 1. The van der Waals surface area contributed by atoms with Crippen molar-refractivity contribution in [2.75, 3.05) is 13.1 Å². The standard InChI is InChI=1S/C13H19N3O5/c1-2-3-10-14-11(21-15-10)7-16-5-4-8(12(17)18)9(6-16)13(19)20/h8-9H,2-7H2,1H3,(H,17,18)(H,19,20). The van der Waals surface area contributed by atoms with Gasteiger partial charge in [0.25, 0.3) is 0 Å². The first kappa shape index (κ1) is 15.4. The Kier molecular flexibility index (Phi) is 4.89. The molecule has 2 heterocycles. The molecular weight excluding hydrogens is 278 g/mol. The van der Waals surface area contributed by atoms with Crippen LogP contribution in [0.2, 0.25) is 0 Å². The molecule has 1 aromatic rings. The van der Waals surface area contributed by atoms with E-state index in [2.05, 4.69) is 10.1 Å². The van der Waals surface area contributed by atoms with E-state index in [-0.39, 0.29) is 6.54 Å². The molecule has 1 aliphatic heterocycles. The number of nitrogens with zero attached hydrogens (tertiary/aromatic N) is 3. The number of carboxylic acid groups (broad SMARTS) is 2. The van der Waals surface area contributed by atoms with Crippen LogP contribution in [0, 0.1) is 11.8 Å². The summed E-state index contributed by atoms with van der Waals surface area (Å²) in [5.74, 6) is -2.79. The molecule has 2 rings (SSSR count). The van der Waals surface area contributed by atoms with Gasteiger partial charge >= 0.3 is 11.9 Å². The van der Waals surface area contributed by atoms with Crippen LogP contribution in [-0.4, -0.2) is 50.3 Å². The first-order valence-corrected chi connectivity index (χ1v) is 7.00. The van der Waals surface area contributed by atoms with E-state index in [1.54, 1.807) is 0 Å². The van der Waals surface area contributed by atoms with Crippen LogP contribution in [0.15, 0.2) is 4.52 Å². The topological polar surface area (TPSA) is 117 Å². The van der Waals surface area contributed by atoms with Gasteiger partial charge in [0.15, 0.2) is 5.82 Å². The van der Waals surface area contributed by atoms with Crippen LogP contribution >= 0.6 is 0 Å². The quantitative estimate of drug-likeness (QED) is 0.785. The van der Waals surface area contributed by atoms with E-state index in [0.29, 0.717) is 31.2 Å². The van der Waals surface area contributed by atoms with Crippen LogP contribution < -0.4 is 0 Å². The highest BCUT2D eigenvalue weighted by Crippen LogP contribution is 2.25. The van der Waals surface area contributed by atoms with E-state index in [0.717, 1.165) is 12.8 Å². The molecule has 2 atom stereocenters. The van der Waals surface area contributed by atoms with Crippen molar-refractivity contribution >= 4 is 11.9 Å². The summed E-state index contributed by atoms with van der Waals surface area (Å²) in [5.41, 5.74) is 0. The fourth-order valence-corrected chi connectivity index (χ4v) is 2.58. The number of aryl methyl sites for hydroxylation is 1. The van der Waals surface area contributed by atoms with E-state index in [4.69, 9.17) is 9.63 Å². The van der Waals surface area contributed by atoms with Crippen molar-refractivity contribution < 1.29 is 24.3 Å². The SMILES string of the molecule is CCCc1noc(CN2CCC(C(=O)O)C(C(=O)O)C2)n1. The first-order valence-electron chi connectivity index (χ1n) is 7.00. The monoisotopic (exact) mass is 297 g/mol. The van der Waals surface area contributed by atoms with E-state index >= 15 is 0 Å². The molecule has 1 aliphatic rings. The van der Waals surface area contributed by atoms with Gasteiger partial charge in [-0.05, 0) is 19.4 Å². The number of aromatic nitrogens is 2. The Morgan fingerprint density at radius 3 is 2.67 bits per heavy atom. The summed E-state index contributed by atoms with van der Waals surface area (Å²) in [6.07, 6.45) is 1.97. The molecule has 2 unspecified atom stereocenters. The highest BCUT2D eigenvalue weighted by molar-refractivity contribution is 5.80. The highest BCUT2D eigenvalue weighted by atomic mass is 16.5. The van der Waals surface area contributed by atoms with E-state index in [1.807, 2.05) is 11.8 Å². The number of carboxylic acids is 2. The van der Waals surface area contributed by atoms with Gasteiger partial charge in [0.05, 0.1) is 18.4 Å². The van der Waals surface area contributed by atoms with Crippen molar-refractivity contribution in [3.63, 3.8) is 0 Å². The second kappa shape index (κ2) is 6.66. The average Bonchev–Trinajstić information content (AvgIpc) is 2.86. The molecule has 0 amide bonds. The average molecular weight is 297 g/mol. The lowest BCUT2D eigenvalue weighted by Crippen LogP contribution is -2.46. The van der Waals surface area contributed by atoms with Gasteiger partial charge in [0.2, 0.25) is 5.89 Å². The van der Waals surface area contributed by atoms with Gasteiger partial charge in [-0.3, -0.25) is 14.5 Å². The molecule has 0 aromatic carbocycles. The molecule has 0 bridgehead atoms. The van der Waals surface area contributed by atoms with Crippen molar-refractivity contribution in [2.45, 2.75) is 32.7 Å². The Labute approximate surface area is 121 Å². The minimum atomic E-state index is -1.08. The Morgan fingerprint density at radius 1 is 1.33 bits per heavy atom. The van der Waals surface area contributed by atoms with Gasteiger partial charge in [-0.2, -0.15) is 4.98 Å². The molecule has 1 saturated heterocycles. The molecule has 8 heteroatoms. The maximum absolute atomic E-state index is 11.2. The Balaban J connectivity index is 1.98. The van der Waals surface area contributed by atoms with E-state index in [9.17, 15) is 14.7 Å². The maximum Gasteiger partial charge on any atom is 0.308 e. The largest absolute Gasteiger partial charge is 0.481 e. The lowest BCUT2D eigenvalue weighted by molar-refractivity contribution is -0.157. The summed E-state index contributed by atoms with van der Waals surface area (Å²) in [6, 6.07) is 0. The first-order chi connectivity index (χ1) is 10.0. The van der Waals surface area contributed by atoms with Crippen molar-refractivity contribution in [2.24, 2.45) is 11.8 Å². The lowest BCUT2D eigenvalue weighted by atomic mass is 9.85. The van der Waals surface area contributed by atoms with Gasteiger partial charge < -0.3 is 14.7 Å². The number of rotatable bonds is 6. The van der Waals surface area contributed by atoms with Gasteiger partial charge in [0.1, 0.15) is 0 Å². The van der Waals surface area contributed by atoms with Gasteiger partial charge in [-0.25, -0.2) is 0 Å². The molecule has 8 nitrogen and oxygen atoms in total. The molecule has 1 aromatic heterocycles. The highest BCUT2D eigenvalue weighted by Gasteiger charge is 2.38. The second-order valence-corrected chi connectivity index (χ2v) is 5.27. The number of hydrogen-bond donors (Lipinski definition) is 2. The third-order valence-corrected chi connectivity index (χ3v) is 3.67. The molecule has 21 heavy (non-hydrogen) atoms. The molecule has 0 radical (unpaired) electrons. The molecule has 2 N–H and O–H groups in total. The minimum absolute atomic E-state index is 0.178. The smallest absolute Gasteiger partial charge is 0.308 e. The van der Waals surface area contributed by atoms with Gasteiger partial charge in [-0.15, -0.1) is 0 Å². The Bertz CT molecular complexity index is 516. The van der Waals surface area contributed by atoms with E-state index < -0.39 is 23.8 Å². The Morgan fingerprint density at radius 2 is 2.05 bits per heavy atom. The number of hydrogen-bond acceptors (Lipinski definition) is 6. The van der Waals surface area contributed by atoms with Crippen molar-refractivity contribution in [1.29, 1.82) is 0 Å². The van der Waals surface area contributed by atoms with Crippen molar-refractivity contribution in [3.05, 3.63) is 11.7 Å². The van der Waals surface area contributed by atoms with Crippen LogP contribution in [-0.2, 0) is 22.6 Å². The van der Waals surface area contributed by atoms with E-state index in [1.165, 1.54) is 0 Å². The van der Waals surface area contributed by atoms with Crippen molar-refractivity contribution in [3.8, 4) is 0 Å². The third kappa shape index (κ3) is 3.78. The van der Waals surface area contributed by atoms with Crippen molar-refractivity contribution in [1.82, 2.24) is 15.0 Å². The second-order valence-electron chi connectivity index (χ2n) is 5.27.